The summed E-state index contributed by atoms with van der Waals surface area (Å²) in [5.41, 5.74) is 1.99. The van der Waals surface area contributed by atoms with Crippen molar-refractivity contribution in [1.29, 1.82) is 0 Å². The van der Waals surface area contributed by atoms with Crippen LogP contribution in [0.5, 0.6) is 0 Å². The molecule has 5 rings (SSSR count). The normalized spacial score (nSPS) is 25.1. The van der Waals surface area contributed by atoms with Crippen LogP contribution in [0.2, 0.25) is 0 Å². The predicted octanol–water partition coefficient (Wildman–Crippen LogP) is 3.56. The number of hydrogen-bond acceptors (Lipinski definition) is 7. The summed E-state index contributed by atoms with van der Waals surface area (Å²) in [6.07, 6.45) is 3.55. The maximum atomic E-state index is 14.6. The second kappa shape index (κ2) is 14.0. The number of aliphatic hydroxyl groups excluding tert-OH is 1. The highest BCUT2D eigenvalue weighted by Crippen LogP contribution is 2.59. The van der Waals surface area contributed by atoms with Crippen molar-refractivity contribution in [3.05, 3.63) is 90.5 Å². The first kappa shape index (κ1) is 33.1. The number of fused-ring (bicyclic) bond motifs is 1. The molecule has 3 amide bonds. The Morgan fingerprint density at radius 3 is 2.63 bits per heavy atom. The Morgan fingerprint density at radius 1 is 1.17 bits per heavy atom. The van der Waals surface area contributed by atoms with Gasteiger partial charge in [0.05, 0.1) is 31.1 Å². The first-order valence-electron chi connectivity index (χ1n) is 15.9. The Labute approximate surface area is 270 Å². The number of β-amino-alcohol motifs (C(OH)–C–C–N with tert-alkyl or cyclic N) is 1. The van der Waals surface area contributed by atoms with Crippen molar-refractivity contribution in [2.75, 3.05) is 31.1 Å². The van der Waals surface area contributed by atoms with Crippen molar-refractivity contribution < 1.29 is 33.8 Å². The van der Waals surface area contributed by atoms with Gasteiger partial charge < -0.3 is 29.7 Å². The number of rotatable bonds is 14. The van der Waals surface area contributed by atoms with E-state index in [1.165, 1.54) is 4.90 Å². The van der Waals surface area contributed by atoms with Gasteiger partial charge in [-0.1, -0.05) is 54.6 Å². The molecule has 6 atom stereocenters. The molecule has 2 N–H and O–H groups in total. The molecule has 1 spiro atoms. The number of benzene rings is 2. The van der Waals surface area contributed by atoms with E-state index >= 15 is 0 Å². The molecule has 3 aliphatic rings. The summed E-state index contributed by atoms with van der Waals surface area (Å²) in [4.78, 5) is 58.2. The van der Waals surface area contributed by atoms with E-state index in [4.69, 9.17) is 9.47 Å². The summed E-state index contributed by atoms with van der Waals surface area (Å²) in [6.45, 7) is 11.2. The van der Waals surface area contributed by atoms with E-state index in [9.17, 15) is 24.3 Å². The fourth-order valence-electron chi connectivity index (χ4n) is 7.28. The number of hydrogen-bond donors (Lipinski definition) is 2. The van der Waals surface area contributed by atoms with Crippen molar-refractivity contribution in [2.24, 2.45) is 11.8 Å². The van der Waals surface area contributed by atoms with Gasteiger partial charge in [0.25, 0.3) is 5.91 Å². The molecular formula is C36H43N3O7. The second-order valence-electron chi connectivity index (χ2n) is 12.3. The fraction of sp³-hybridized carbons (Fsp3) is 0.444. The van der Waals surface area contributed by atoms with Crippen LogP contribution >= 0.6 is 0 Å². The molecule has 2 bridgehead atoms. The van der Waals surface area contributed by atoms with Gasteiger partial charge in [-0.25, -0.2) is 0 Å². The number of carbonyl (C=O) groups is 4. The lowest BCUT2D eigenvalue weighted by Crippen LogP contribution is -2.57. The number of aliphatic hydroxyl groups is 1. The average molecular weight is 630 g/mol. The Bertz CT molecular complexity index is 1490. The molecule has 0 unspecified atom stereocenters. The second-order valence-corrected chi connectivity index (χ2v) is 12.3. The minimum Gasteiger partial charge on any atom is -0.455 e. The van der Waals surface area contributed by atoms with Crippen LogP contribution in [0.15, 0.2) is 73.8 Å². The highest BCUT2D eigenvalue weighted by molar-refractivity contribution is 6.05. The van der Waals surface area contributed by atoms with E-state index in [1.54, 1.807) is 17.1 Å². The molecule has 3 heterocycles. The van der Waals surface area contributed by atoms with E-state index in [1.807, 2.05) is 62.4 Å². The largest absolute Gasteiger partial charge is 0.455 e. The van der Waals surface area contributed by atoms with E-state index in [0.29, 0.717) is 30.5 Å². The molecule has 0 aromatic heterocycles. The zero-order valence-electron chi connectivity index (χ0n) is 26.5. The molecule has 10 nitrogen and oxygen atoms in total. The topological polar surface area (TPSA) is 125 Å². The first-order valence-corrected chi connectivity index (χ1v) is 15.9. The quantitative estimate of drug-likeness (QED) is 0.242. The summed E-state index contributed by atoms with van der Waals surface area (Å²) in [5, 5.41) is 12.8. The van der Waals surface area contributed by atoms with Crippen molar-refractivity contribution in [2.45, 2.75) is 63.4 Å². The van der Waals surface area contributed by atoms with Gasteiger partial charge in [0, 0.05) is 25.2 Å². The predicted molar refractivity (Wildman–Crippen MR) is 173 cm³/mol. The summed E-state index contributed by atoms with van der Waals surface area (Å²) < 4.78 is 12.6. The maximum absolute atomic E-state index is 14.6. The third kappa shape index (κ3) is 6.11. The molecule has 3 aliphatic heterocycles. The van der Waals surface area contributed by atoms with Gasteiger partial charge in [-0.2, -0.15) is 0 Å². The van der Waals surface area contributed by atoms with Gasteiger partial charge in [0.2, 0.25) is 11.8 Å². The molecule has 3 fully saturated rings. The average Bonchev–Trinajstić information content (AvgIpc) is 3.69. The molecule has 0 saturated carbocycles. The highest BCUT2D eigenvalue weighted by atomic mass is 16.6. The summed E-state index contributed by atoms with van der Waals surface area (Å²) >= 11 is 0. The van der Waals surface area contributed by atoms with Crippen molar-refractivity contribution in [3.8, 4) is 0 Å². The Kier molecular flexibility index (Phi) is 10.1. The van der Waals surface area contributed by atoms with Crippen LogP contribution in [0, 0.1) is 25.7 Å². The lowest BCUT2D eigenvalue weighted by Gasteiger charge is -2.37. The summed E-state index contributed by atoms with van der Waals surface area (Å²) in [6, 6.07) is 13.9. The van der Waals surface area contributed by atoms with Crippen LogP contribution in [-0.4, -0.2) is 77.7 Å². The number of aryl methyl sites for hydroxylation is 2. The Morgan fingerprint density at radius 2 is 1.93 bits per heavy atom. The molecule has 2 aromatic carbocycles. The minimum atomic E-state index is -1.25. The van der Waals surface area contributed by atoms with E-state index < -0.39 is 47.6 Å². The van der Waals surface area contributed by atoms with Crippen molar-refractivity contribution >= 4 is 29.4 Å². The molecule has 10 heteroatoms. The third-order valence-corrected chi connectivity index (χ3v) is 9.37. The zero-order valence-corrected chi connectivity index (χ0v) is 26.5. The van der Waals surface area contributed by atoms with Gasteiger partial charge in [-0.3, -0.25) is 19.2 Å². The zero-order chi connectivity index (χ0) is 33.0. The molecule has 3 saturated heterocycles. The summed E-state index contributed by atoms with van der Waals surface area (Å²) in [5.74, 6) is -3.48. The van der Waals surface area contributed by atoms with Gasteiger partial charge >= 0.3 is 5.97 Å². The lowest BCUT2D eigenvalue weighted by molar-refractivity contribution is -0.160. The molecule has 244 valence electrons. The highest BCUT2D eigenvalue weighted by Gasteiger charge is 2.75. The monoisotopic (exact) mass is 629 g/mol. The van der Waals surface area contributed by atoms with E-state index in [-0.39, 0.29) is 44.5 Å². The standard InChI is InChI=1S/C36H43N3O7/c1-5-7-13-29(41)37-22-28(25-11-9-8-10-12-25)45-35(44)30-27-16-17-36(46-27)31(30)33(42)39(19-20-40)32(36)34(43)38(18-6-2)26-21-23(3)14-15-24(26)4/h5-6,8-12,14-15,21,27-28,30-32,40H,1-2,7,13,16-20,22H2,3-4H3,(H,37,41)/t27-,28-,30+,31+,32-,36+/m1/s1. The number of carbonyl (C=O) groups excluding carboxylic acids is 4. The smallest absolute Gasteiger partial charge is 0.313 e. The molecule has 46 heavy (non-hydrogen) atoms. The number of allylic oxidation sites excluding steroid dienone is 1. The van der Waals surface area contributed by atoms with Crippen molar-refractivity contribution in [3.63, 3.8) is 0 Å². The number of amides is 3. The van der Waals surface area contributed by atoms with Crippen LogP contribution in [-0.2, 0) is 28.7 Å². The summed E-state index contributed by atoms with van der Waals surface area (Å²) in [7, 11) is 0. The number of likely N-dealkylation sites (tertiary alicyclic amines) is 1. The minimum absolute atomic E-state index is 0.0534. The van der Waals surface area contributed by atoms with Gasteiger partial charge in [0.15, 0.2) is 0 Å². The molecule has 0 radical (unpaired) electrons. The van der Waals surface area contributed by atoms with Gasteiger partial charge in [-0.15, -0.1) is 13.2 Å². The van der Waals surface area contributed by atoms with Crippen LogP contribution in [0.1, 0.15) is 48.5 Å². The Balaban J connectivity index is 1.45. The van der Waals surface area contributed by atoms with Gasteiger partial charge in [-0.05, 0) is 55.9 Å². The van der Waals surface area contributed by atoms with Crippen LogP contribution in [0.3, 0.4) is 0 Å². The van der Waals surface area contributed by atoms with Crippen molar-refractivity contribution in [1.82, 2.24) is 10.2 Å². The SMILES string of the molecule is C=CCCC(=O)NC[C@@H](OC(=O)[C@@H]1[C@H]2C(=O)N(CCO)[C@H](C(=O)N(CC=C)c3cc(C)ccc3C)[C@]23CC[C@H]1O3)c1ccccc1. The van der Waals surface area contributed by atoms with Crippen LogP contribution < -0.4 is 10.2 Å². The fourth-order valence-corrected chi connectivity index (χ4v) is 7.28. The number of nitrogens with zero attached hydrogens (tertiary/aromatic N) is 2. The molecule has 0 aliphatic carbocycles. The number of esters is 1. The Hall–Kier alpha value is -4.28. The number of nitrogens with one attached hydrogen (secondary N) is 1. The third-order valence-electron chi connectivity index (χ3n) is 9.37. The van der Waals surface area contributed by atoms with E-state index in [2.05, 4.69) is 18.5 Å². The van der Waals surface area contributed by atoms with Gasteiger partial charge in [0.1, 0.15) is 17.7 Å². The number of anilines is 1. The van der Waals surface area contributed by atoms with E-state index in [0.717, 1.165) is 11.1 Å². The maximum Gasteiger partial charge on any atom is 0.313 e. The number of ether oxygens (including phenoxy) is 2. The van der Waals surface area contributed by atoms with Crippen LogP contribution in [0.4, 0.5) is 5.69 Å². The molecule has 2 aromatic rings. The lowest BCUT2D eigenvalue weighted by atomic mass is 9.70. The molecular weight excluding hydrogens is 586 g/mol. The van der Waals surface area contributed by atoms with Crippen LogP contribution in [0.25, 0.3) is 0 Å². The first-order chi connectivity index (χ1) is 22.2.